The van der Waals surface area contributed by atoms with Crippen molar-refractivity contribution >= 4 is 5.97 Å². The summed E-state index contributed by atoms with van der Waals surface area (Å²) >= 11 is 0. The molecule has 0 saturated carbocycles. The minimum atomic E-state index is -1.58. The van der Waals surface area contributed by atoms with Crippen molar-refractivity contribution in [3.05, 3.63) is 23.8 Å². The smallest absolute Gasteiger partial charge is 0.341 e. The van der Waals surface area contributed by atoms with Gasteiger partial charge in [-0.25, -0.2) is 4.79 Å². The monoisotopic (exact) mass is 330 g/mol. The molecular formula is C14H18O9. The summed E-state index contributed by atoms with van der Waals surface area (Å²) in [7, 11) is 1.15. The Morgan fingerprint density at radius 2 is 1.91 bits per heavy atom. The standard InChI is InChI=1S/C14H18O9/c1-21-13(20)7-4-6(2-3-8(7)16)22-14-12(19)11(18)10(17)9(5-15)23-14/h2-4,9-12,14-19H,5H2,1H3/t9-,10-,11+,12-,14?/m1/s1. The van der Waals surface area contributed by atoms with Gasteiger partial charge in [0.1, 0.15) is 41.5 Å². The SMILES string of the molecule is COC(=O)c1cc(OC2O[C@H](CO)[C@@H](O)[C@H](O)[C@H]2O)ccc1O. The highest BCUT2D eigenvalue weighted by molar-refractivity contribution is 5.92. The van der Waals surface area contributed by atoms with Crippen LogP contribution < -0.4 is 4.74 Å². The Bertz CT molecular complexity index is 559. The molecule has 5 N–H and O–H groups in total. The number of hydrogen-bond acceptors (Lipinski definition) is 9. The summed E-state index contributed by atoms with van der Waals surface area (Å²) in [6.45, 7) is -0.589. The number of hydrogen-bond donors (Lipinski definition) is 5. The third-order valence-electron chi connectivity index (χ3n) is 3.47. The first-order chi connectivity index (χ1) is 10.9. The molecule has 0 aliphatic carbocycles. The molecule has 1 fully saturated rings. The number of phenols is 1. The summed E-state index contributed by atoms with van der Waals surface area (Å²) in [6.07, 6.45) is -7.16. The summed E-state index contributed by atoms with van der Waals surface area (Å²) in [4.78, 5) is 11.5. The Labute approximate surface area is 131 Å². The Balaban J connectivity index is 2.19. The highest BCUT2D eigenvalue weighted by Gasteiger charge is 2.44. The fraction of sp³-hybridized carbons (Fsp3) is 0.500. The number of phenolic OH excluding ortho intramolecular Hbond substituents is 1. The molecule has 1 unspecified atom stereocenters. The molecule has 1 saturated heterocycles. The van der Waals surface area contributed by atoms with Crippen molar-refractivity contribution < 1.29 is 44.5 Å². The van der Waals surface area contributed by atoms with Gasteiger partial charge in [0.2, 0.25) is 6.29 Å². The van der Waals surface area contributed by atoms with Crippen LogP contribution in [0.2, 0.25) is 0 Å². The van der Waals surface area contributed by atoms with Crippen LogP contribution in [0, 0.1) is 0 Å². The molecule has 9 nitrogen and oxygen atoms in total. The van der Waals surface area contributed by atoms with Crippen molar-refractivity contribution in [3.8, 4) is 11.5 Å². The Morgan fingerprint density at radius 3 is 2.52 bits per heavy atom. The third kappa shape index (κ3) is 3.54. The van der Waals surface area contributed by atoms with Crippen molar-refractivity contribution in [2.24, 2.45) is 0 Å². The molecular weight excluding hydrogens is 312 g/mol. The number of carbonyl (C=O) groups excluding carboxylic acids is 1. The van der Waals surface area contributed by atoms with E-state index in [1.54, 1.807) is 0 Å². The van der Waals surface area contributed by atoms with Crippen LogP contribution in [0.3, 0.4) is 0 Å². The van der Waals surface area contributed by atoms with Crippen molar-refractivity contribution in [3.63, 3.8) is 0 Å². The zero-order valence-corrected chi connectivity index (χ0v) is 12.2. The molecule has 0 aromatic heterocycles. The van der Waals surface area contributed by atoms with Crippen LogP contribution in [0.5, 0.6) is 11.5 Å². The summed E-state index contributed by atoms with van der Waals surface area (Å²) in [5.74, 6) is -1.06. The fourth-order valence-corrected chi connectivity index (χ4v) is 2.16. The van der Waals surface area contributed by atoms with Gasteiger partial charge in [-0.3, -0.25) is 0 Å². The van der Waals surface area contributed by atoms with Gasteiger partial charge in [0.15, 0.2) is 0 Å². The maximum Gasteiger partial charge on any atom is 0.341 e. The number of ether oxygens (including phenoxy) is 3. The average Bonchev–Trinajstić information content (AvgIpc) is 2.56. The second-order valence-electron chi connectivity index (χ2n) is 4.99. The molecule has 5 atom stereocenters. The minimum Gasteiger partial charge on any atom is -0.507 e. The van der Waals surface area contributed by atoms with E-state index in [2.05, 4.69) is 4.74 Å². The first kappa shape index (κ1) is 17.4. The lowest BCUT2D eigenvalue weighted by Gasteiger charge is -2.39. The lowest BCUT2D eigenvalue weighted by molar-refractivity contribution is -0.277. The van der Waals surface area contributed by atoms with Crippen LogP contribution in [0.4, 0.5) is 0 Å². The Kier molecular flexibility index (Phi) is 5.39. The lowest BCUT2D eigenvalue weighted by atomic mass is 9.99. The summed E-state index contributed by atoms with van der Waals surface area (Å²) in [5, 5.41) is 48.0. The zero-order chi connectivity index (χ0) is 17.1. The number of aliphatic hydroxyl groups excluding tert-OH is 4. The molecule has 0 amide bonds. The van der Waals surface area contributed by atoms with Gasteiger partial charge in [-0.2, -0.15) is 0 Å². The second kappa shape index (κ2) is 7.11. The van der Waals surface area contributed by atoms with Crippen molar-refractivity contribution in [2.45, 2.75) is 30.7 Å². The number of esters is 1. The van der Waals surface area contributed by atoms with Gasteiger partial charge in [-0.05, 0) is 18.2 Å². The van der Waals surface area contributed by atoms with Gasteiger partial charge >= 0.3 is 5.97 Å². The fourth-order valence-electron chi connectivity index (χ4n) is 2.16. The largest absolute Gasteiger partial charge is 0.507 e. The maximum atomic E-state index is 11.5. The van der Waals surface area contributed by atoms with Crippen LogP contribution >= 0.6 is 0 Å². The topological polar surface area (TPSA) is 146 Å². The van der Waals surface area contributed by atoms with Crippen LogP contribution in [-0.4, -0.2) is 75.9 Å². The van der Waals surface area contributed by atoms with Gasteiger partial charge in [-0.1, -0.05) is 0 Å². The molecule has 1 aliphatic heterocycles. The third-order valence-corrected chi connectivity index (χ3v) is 3.47. The van der Waals surface area contributed by atoms with Gasteiger partial charge in [0, 0.05) is 0 Å². The van der Waals surface area contributed by atoms with Gasteiger partial charge in [-0.15, -0.1) is 0 Å². The van der Waals surface area contributed by atoms with E-state index in [1.165, 1.54) is 18.2 Å². The molecule has 0 bridgehead atoms. The molecule has 0 radical (unpaired) electrons. The van der Waals surface area contributed by atoms with E-state index in [0.717, 1.165) is 7.11 Å². The molecule has 1 aliphatic rings. The normalized spacial score (nSPS) is 30.7. The molecule has 1 heterocycles. The number of methoxy groups -OCH3 is 1. The first-order valence-corrected chi connectivity index (χ1v) is 6.77. The first-order valence-electron chi connectivity index (χ1n) is 6.77. The van der Waals surface area contributed by atoms with Crippen LogP contribution in [0.1, 0.15) is 10.4 Å². The predicted molar refractivity (Wildman–Crippen MR) is 73.8 cm³/mol. The molecule has 1 aromatic carbocycles. The van der Waals surface area contributed by atoms with Crippen LogP contribution in [0.15, 0.2) is 18.2 Å². The number of aromatic hydroxyl groups is 1. The van der Waals surface area contributed by atoms with Crippen molar-refractivity contribution in [2.75, 3.05) is 13.7 Å². The zero-order valence-electron chi connectivity index (χ0n) is 12.2. The molecule has 0 spiro atoms. The molecule has 1 aromatic rings. The Hall–Kier alpha value is -1.91. The van der Waals surface area contributed by atoms with Crippen molar-refractivity contribution in [1.29, 1.82) is 0 Å². The van der Waals surface area contributed by atoms with Gasteiger partial charge in [0.25, 0.3) is 0 Å². The van der Waals surface area contributed by atoms with E-state index in [0.29, 0.717) is 0 Å². The van der Waals surface area contributed by atoms with Crippen LogP contribution in [0.25, 0.3) is 0 Å². The molecule has 128 valence electrons. The summed E-state index contributed by atoms with van der Waals surface area (Å²) in [6, 6.07) is 3.66. The average molecular weight is 330 g/mol. The number of aliphatic hydroxyl groups is 4. The molecule has 23 heavy (non-hydrogen) atoms. The lowest BCUT2D eigenvalue weighted by Crippen LogP contribution is -2.60. The number of benzene rings is 1. The van der Waals surface area contributed by atoms with E-state index in [4.69, 9.17) is 14.6 Å². The summed E-state index contributed by atoms with van der Waals surface area (Å²) < 4.78 is 15.0. The van der Waals surface area contributed by atoms with E-state index >= 15 is 0 Å². The van der Waals surface area contributed by atoms with E-state index in [-0.39, 0.29) is 17.1 Å². The van der Waals surface area contributed by atoms with Gasteiger partial charge < -0.3 is 39.7 Å². The highest BCUT2D eigenvalue weighted by Crippen LogP contribution is 2.28. The molecule has 2 rings (SSSR count). The van der Waals surface area contributed by atoms with Crippen LogP contribution in [-0.2, 0) is 9.47 Å². The minimum absolute atomic E-state index is 0.0486. The van der Waals surface area contributed by atoms with Crippen molar-refractivity contribution in [1.82, 2.24) is 0 Å². The maximum absolute atomic E-state index is 11.5. The number of carbonyl (C=O) groups is 1. The predicted octanol–water partition coefficient (Wildman–Crippen LogP) is -1.64. The second-order valence-corrected chi connectivity index (χ2v) is 4.99. The van der Waals surface area contributed by atoms with E-state index in [9.17, 15) is 25.2 Å². The van der Waals surface area contributed by atoms with Gasteiger partial charge in [0.05, 0.1) is 13.7 Å². The number of rotatable bonds is 4. The molecule has 9 heteroatoms. The summed E-state index contributed by atoms with van der Waals surface area (Å²) in [5.41, 5.74) is -0.158. The highest BCUT2D eigenvalue weighted by atomic mass is 16.7. The quantitative estimate of drug-likeness (QED) is 0.410. The van der Waals surface area contributed by atoms with E-state index in [1.807, 2.05) is 0 Å². The Morgan fingerprint density at radius 1 is 1.22 bits per heavy atom. The van der Waals surface area contributed by atoms with E-state index < -0.39 is 43.3 Å².